The van der Waals surface area contributed by atoms with Gasteiger partial charge in [-0.05, 0) is 31.9 Å². The molecule has 3 N–H and O–H groups in total. The zero-order valence-corrected chi connectivity index (χ0v) is 23.3. The van der Waals surface area contributed by atoms with Crippen LogP contribution in [-0.2, 0) is 39.2 Å². The SMILES string of the molecule is C=C(C)[C@@]12O[C@@]3(c4ccccc4)O[C@@H]1[C@@H]1[C@@H]4O[C@]4(CO)[C@@H](O)[C@]4(O)C(=O)C(C)=C[C@H]4[C@@]1(O3)[C@H](C)[C@H]2OC(=O)C=CC. The van der Waals surface area contributed by atoms with Gasteiger partial charge in [0.2, 0.25) is 0 Å². The number of carbonyl (C=O) groups excluding carboxylic acids is 2. The number of ketones is 1. The van der Waals surface area contributed by atoms with Gasteiger partial charge in [0.05, 0.1) is 12.2 Å². The molecule has 10 nitrogen and oxygen atoms in total. The summed E-state index contributed by atoms with van der Waals surface area (Å²) in [6.07, 6.45) is -0.146. The molecule has 3 saturated heterocycles. The second-order valence-corrected chi connectivity index (χ2v) is 12.3. The van der Waals surface area contributed by atoms with Gasteiger partial charge in [0, 0.05) is 29.4 Å². The normalized spacial score (nSPS) is 50.6. The van der Waals surface area contributed by atoms with Gasteiger partial charge in [-0.1, -0.05) is 56.0 Å². The third-order valence-corrected chi connectivity index (χ3v) is 10.4. The molecule has 5 fully saturated rings. The van der Waals surface area contributed by atoms with Crippen LogP contribution in [0.2, 0.25) is 0 Å². The minimum atomic E-state index is -2.40. The van der Waals surface area contributed by atoms with Crippen LogP contribution in [0.15, 0.2) is 66.3 Å². The van der Waals surface area contributed by atoms with E-state index >= 15 is 0 Å². The summed E-state index contributed by atoms with van der Waals surface area (Å²) in [5.74, 6) is -5.79. The molecule has 0 unspecified atom stereocenters. The maximum atomic E-state index is 13.7. The van der Waals surface area contributed by atoms with Crippen molar-refractivity contribution in [2.24, 2.45) is 17.8 Å². The molecule has 1 aromatic carbocycles. The van der Waals surface area contributed by atoms with Gasteiger partial charge in [-0.15, -0.1) is 0 Å². The fraction of sp³-hybridized carbons (Fsp3) is 0.548. The lowest BCUT2D eigenvalue weighted by atomic mass is 9.53. The lowest BCUT2D eigenvalue weighted by Gasteiger charge is -2.61. The number of hydrogen-bond donors (Lipinski definition) is 3. The largest absolute Gasteiger partial charge is 0.455 e. The van der Waals surface area contributed by atoms with Crippen LogP contribution in [-0.4, -0.2) is 80.5 Å². The number of fused-ring (bicyclic) bond motifs is 3. The number of esters is 1. The van der Waals surface area contributed by atoms with Crippen molar-refractivity contribution in [3.63, 3.8) is 0 Å². The zero-order chi connectivity index (χ0) is 29.3. The van der Waals surface area contributed by atoms with E-state index in [2.05, 4.69) is 6.58 Å². The Morgan fingerprint density at radius 1 is 1.17 bits per heavy atom. The van der Waals surface area contributed by atoms with Crippen molar-refractivity contribution in [1.82, 2.24) is 0 Å². The molecular weight excluding hydrogens is 532 g/mol. The minimum absolute atomic E-state index is 0.236. The monoisotopic (exact) mass is 566 g/mol. The Balaban J connectivity index is 1.55. The minimum Gasteiger partial charge on any atom is -0.455 e. The van der Waals surface area contributed by atoms with E-state index in [-0.39, 0.29) is 5.57 Å². The van der Waals surface area contributed by atoms with E-state index in [9.17, 15) is 24.9 Å². The fourth-order valence-corrected chi connectivity index (χ4v) is 8.61. The van der Waals surface area contributed by atoms with Crippen LogP contribution in [0.25, 0.3) is 0 Å². The third kappa shape index (κ3) is 2.87. The first-order valence-corrected chi connectivity index (χ1v) is 14.0. The molecule has 218 valence electrons. The van der Waals surface area contributed by atoms with Crippen molar-refractivity contribution in [1.29, 1.82) is 0 Å². The highest BCUT2D eigenvalue weighted by molar-refractivity contribution is 6.05. The van der Waals surface area contributed by atoms with Crippen molar-refractivity contribution in [2.75, 3.05) is 6.61 Å². The third-order valence-electron chi connectivity index (χ3n) is 10.4. The van der Waals surface area contributed by atoms with E-state index in [1.165, 1.54) is 6.08 Å². The Morgan fingerprint density at radius 3 is 2.51 bits per heavy atom. The molecule has 2 saturated carbocycles. The molecule has 3 bridgehead atoms. The Labute approximate surface area is 237 Å². The van der Waals surface area contributed by atoms with E-state index in [0.717, 1.165) is 0 Å². The number of allylic oxidation sites excluding steroid dienone is 1. The summed E-state index contributed by atoms with van der Waals surface area (Å²) >= 11 is 0. The van der Waals surface area contributed by atoms with Crippen molar-refractivity contribution >= 4 is 11.8 Å². The summed E-state index contributed by atoms with van der Waals surface area (Å²) in [5.41, 5.74) is -5.77. The standard InChI is InChI=1S/C31H34O10/c1-6-10-20(33)37-23-17(5)30-19-13-16(4)22(34)28(19,36)26(35)27(14-32)24(38-27)21(30)25-29(23,15(2)3)40-31(39-25,41-30)18-11-8-7-9-12-18/h6-13,17,19,21,23-26,32,35-36H,2,14H2,1,3-5H3/t17-,19-,21+,23-,24+,25-,26-,27+,28-,29+,30+,31-/m1/s1. The smallest absolute Gasteiger partial charge is 0.330 e. The highest BCUT2D eigenvalue weighted by atomic mass is 16.9. The van der Waals surface area contributed by atoms with Crippen LogP contribution in [0.3, 0.4) is 0 Å². The molecule has 0 aromatic heterocycles. The second-order valence-electron chi connectivity index (χ2n) is 12.3. The van der Waals surface area contributed by atoms with Gasteiger partial charge >= 0.3 is 11.9 Å². The summed E-state index contributed by atoms with van der Waals surface area (Å²) in [6, 6.07) is 8.99. The topological polar surface area (TPSA) is 144 Å². The lowest BCUT2D eigenvalue weighted by Crippen LogP contribution is -2.76. The number of aliphatic hydroxyl groups excluding tert-OH is 2. The predicted molar refractivity (Wildman–Crippen MR) is 141 cm³/mol. The number of epoxide rings is 1. The van der Waals surface area contributed by atoms with Crippen LogP contribution in [0.5, 0.6) is 0 Å². The average Bonchev–Trinajstić information content (AvgIpc) is 3.58. The fourth-order valence-electron chi connectivity index (χ4n) is 8.61. The first kappa shape index (κ1) is 27.2. The molecule has 12 atom stereocenters. The van der Waals surface area contributed by atoms with E-state index in [4.69, 9.17) is 23.7 Å². The lowest BCUT2D eigenvalue weighted by molar-refractivity contribution is -0.440. The quantitative estimate of drug-likeness (QED) is 0.207. The van der Waals surface area contributed by atoms with Gasteiger partial charge in [-0.3, -0.25) is 4.79 Å². The molecular formula is C31H34O10. The number of rotatable bonds is 5. The van der Waals surface area contributed by atoms with Crippen LogP contribution in [0, 0.1) is 17.8 Å². The summed E-state index contributed by atoms with van der Waals surface area (Å²) in [5, 5.41) is 34.6. The maximum absolute atomic E-state index is 13.7. The molecule has 1 aromatic rings. The Bertz CT molecular complexity index is 1420. The molecule has 41 heavy (non-hydrogen) atoms. The Morgan fingerprint density at radius 2 is 1.88 bits per heavy atom. The van der Waals surface area contributed by atoms with Crippen molar-refractivity contribution in [3.8, 4) is 0 Å². The summed E-state index contributed by atoms with van der Waals surface area (Å²) in [6.45, 7) is 10.4. The number of Topliss-reactive ketones (excluding diaryl/α,β-unsaturated/α-hetero) is 1. The van der Waals surface area contributed by atoms with E-state index in [0.29, 0.717) is 11.1 Å². The van der Waals surface area contributed by atoms with Crippen LogP contribution < -0.4 is 0 Å². The number of aliphatic hydroxyl groups is 3. The molecule has 3 aliphatic carbocycles. The van der Waals surface area contributed by atoms with Crippen molar-refractivity contribution < 1.29 is 48.6 Å². The predicted octanol–water partition coefficient (Wildman–Crippen LogP) is 1.43. The Kier molecular flexibility index (Phi) is 5.45. The van der Waals surface area contributed by atoms with Gasteiger partial charge in [0.1, 0.15) is 30.0 Å². The average molecular weight is 567 g/mol. The van der Waals surface area contributed by atoms with Crippen LogP contribution in [0.1, 0.15) is 33.3 Å². The number of ether oxygens (including phenoxy) is 5. The first-order valence-electron chi connectivity index (χ1n) is 14.0. The van der Waals surface area contributed by atoms with E-state index in [1.807, 2.05) is 13.0 Å². The molecule has 0 amide bonds. The van der Waals surface area contributed by atoms with Crippen molar-refractivity contribution in [2.45, 2.75) is 80.5 Å². The highest BCUT2D eigenvalue weighted by Crippen LogP contribution is 2.74. The van der Waals surface area contributed by atoms with Crippen LogP contribution in [0.4, 0.5) is 0 Å². The summed E-state index contributed by atoms with van der Waals surface area (Å²) in [4.78, 5) is 26.7. The van der Waals surface area contributed by atoms with E-state index < -0.39 is 88.9 Å². The molecule has 0 radical (unpaired) electrons. The van der Waals surface area contributed by atoms with Gasteiger partial charge in [-0.25, -0.2) is 4.79 Å². The molecule has 6 aliphatic rings. The molecule has 3 aliphatic heterocycles. The number of carbonyl (C=O) groups is 2. The molecule has 3 heterocycles. The molecule has 7 rings (SSSR count). The number of benzene rings is 1. The highest BCUT2D eigenvalue weighted by Gasteiger charge is 2.90. The first-order chi connectivity index (χ1) is 19.4. The zero-order valence-electron chi connectivity index (χ0n) is 23.3. The number of hydrogen-bond acceptors (Lipinski definition) is 10. The summed E-state index contributed by atoms with van der Waals surface area (Å²) in [7, 11) is 0. The van der Waals surface area contributed by atoms with Gasteiger partial charge in [0.15, 0.2) is 17.0 Å². The van der Waals surface area contributed by atoms with Gasteiger partial charge in [0.25, 0.3) is 0 Å². The Hall–Kier alpha value is -2.70. The maximum Gasteiger partial charge on any atom is 0.330 e. The van der Waals surface area contributed by atoms with Gasteiger partial charge < -0.3 is 39.0 Å². The molecule has 10 heteroatoms. The molecule has 0 spiro atoms. The van der Waals surface area contributed by atoms with Crippen molar-refractivity contribution in [3.05, 3.63) is 71.8 Å². The van der Waals surface area contributed by atoms with E-state index in [1.54, 1.807) is 57.2 Å². The second kappa shape index (κ2) is 8.23. The van der Waals surface area contributed by atoms with Gasteiger partial charge in [-0.2, -0.15) is 0 Å². The van der Waals surface area contributed by atoms with Crippen LogP contribution >= 0.6 is 0 Å². The summed E-state index contributed by atoms with van der Waals surface area (Å²) < 4.78 is 32.9.